The number of carbonyl (C=O) groups is 1. The maximum Gasteiger partial charge on any atom is 0.224 e. The summed E-state index contributed by atoms with van der Waals surface area (Å²) in [6.07, 6.45) is -1.86. The van der Waals surface area contributed by atoms with Gasteiger partial charge in [0, 0.05) is 6.54 Å². The maximum absolute atomic E-state index is 11.9. The highest BCUT2D eigenvalue weighted by Crippen LogP contribution is 2.14. The first-order valence-corrected chi connectivity index (χ1v) is 7.17. The Bertz CT molecular complexity index is 510. The van der Waals surface area contributed by atoms with Crippen molar-refractivity contribution in [2.45, 2.75) is 30.7 Å². The summed E-state index contributed by atoms with van der Waals surface area (Å²) in [5, 5.41) is 34.2. The Labute approximate surface area is 128 Å². The first kappa shape index (κ1) is 16.7. The van der Waals surface area contributed by atoms with E-state index in [-0.39, 0.29) is 25.5 Å². The van der Waals surface area contributed by atoms with Crippen LogP contribution < -0.4 is 15.4 Å². The van der Waals surface area contributed by atoms with Gasteiger partial charge >= 0.3 is 0 Å². The number of aliphatic hydroxyl groups is 3. The van der Waals surface area contributed by atoms with Crippen LogP contribution in [0.4, 0.5) is 0 Å². The summed E-state index contributed by atoms with van der Waals surface area (Å²) in [5.41, 5.74) is 0.824. The Morgan fingerprint density at radius 2 is 2.05 bits per heavy atom. The number of aliphatic hydroxyl groups excluding tert-OH is 3. The summed E-state index contributed by atoms with van der Waals surface area (Å²) in [6, 6.07) is 6.17. The highest BCUT2D eigenvalue weighted by molar-refractivity contribution is 5.78. The fourth-order valence-electron chi connectivity index (χ4n) is 2.54. The SMILES string of the molecule is COc1cccc(CC(=O)NC[C@H]2N[C@H](CO)[C@@H](O)[C@@H]2O)c1. The van der Waals surface area contributed by atoms with Gasteiger partial charge in [-0.2, -0.15) is 0 Å². The van der Waals surface area contributed by atoms with Crippen LogP contribution >= 0.6 is 0 Å². The van der Waals surface area contributed by atoms with Crippen LogP contribution in [0.1, 0.15) is 5.56 Å². The van der Waals surface area contributed by atoms with Crippen molar-refractivity contribution < 1.29 is 24.9 Å². The molecule has 4 atom stereocenters. The molecular formula is C15H22N2O5. The van der Waals surface area contributed by atoms with Gasteiger partial charge in [0.15, 0.2) is 0 Å². The van der Waals surface area contributed by atoms with E-state index in [0.29, 0.717) is 5.75 Å². The Balaban J connectivity index is 1.83. The number of hydrogen-bond acceptors (Lipinski definition) is 6. The molecule has 0 saturated carbocycles. The van der Waals surface area contributed by atoms with Gasteiger partial charge < -0.3 is 30.7 Å². The quantitative estimate of drug-likeness (QED) is 0.433. The molecule has 1 aliphatic rings. The molecule has 1 saturated heterocycles. The van der Waals surface area contributed by atoms with E-state index in [2.05, 4.69) is 10.6 Å². The molecule has 22 heavy (non-hydrogen) atoms. The van der Waals surface area contributed by atoms with Crippen molar-refractivity contribution in [1.82, 2.24) is 10.6 Å². The minimum atomic E-state index is -1.04. The van der Waals surface area contributed by atoms with Crippen LogP contribution in [-0.4, -0.2) is 65.8 Å². The third-order valence-electron chi connectivity index (χ3n) is 3.82. The molecule has 1 aromatic carbocycles. The van der Waals surface area contributed by atoms with Gasteiger partial charge in [-0.1, -0.05) is 12.1 Å². The molecule has 2 rings (SSSR count). The zero-order valence-electron chi connectivity index (χ0n) is 12.4. The number of benzene rings is 1. The molecule has 0 spiro atoms. The summed E-state index contributed by atoms with van der Waals surface area (Å²) in [5.74, 6) is 0.497. The molecule has 7 nitrogen and oxygen atoms in total. The average molecular weight is 310 g/mol. The number of rotatable bonds is 6. The molecular weight excluding hydrogens is 288 g/mol. The lowest BCUT2D eigenvalue weighted by Gasteiger charge is -2.16. The Morgan fingerprint density at radius 3 is 2.68 bits per heavy atom. The smallest absolute Gasteiger partial charge is 0.224 e. The molecule has 122 valence electrons. The molecule has 0 aromatic heterocycles. The van der Waals surface area contributed by atoms with Gasteiger partial charge in [-0.3, -0.25) is 4.79 Å². The van der Waals surface area contributed by atoms with Crippen LogP contribution in [0.5, 0.6) is 5.75 Å². The molecule has 0 unspecified atom stereocenters. The van der Waals surface area contributed by atoms with Crippen LogP contribution in [0, 0.1) is 0 Å². The fourth-order valence-corrected chi connectivity index (χ4v) is 2.54. The van der Waals surface area contributed by atoms with Crippen molar-refractivity contribution >= 4 is 5.91 Å². The van der Waals surface area contributed by atoms with Crippen LogP contribution in [0.3, 0.4) is 0 Å². The lowest BCUT2D eigenvalue weighted by molar-refractivity contribution is -0.120. The first-order chi connectivity index (χ1) is 10.5. The highest BCUT2D eigenvalue weighted by Gasteiger charge is 2.40. The van der Waals surface area contributed by atoms with E-state index >= 15 is 0 Å². The third-order valence-corrected chi connectivity index (χ3v) is 3.82. The van der Waals surface area contributed by atoms with Gasteiger partial charge in [0.1, 0.15) is 5.75 Å². The predicted octanol–water partition coefficient (Wildman–Crippen LogP) is -1.59. The Kier molecular flexibility index (Phi) is 5.73. The Morgan fingerprint density at radius 1 is 1.32 bits per heavy atom. The maximum atomic E-state index is 11.9. The second-order valence-corrected chi connectivity index (χ2v) is 5.38. The number of amides is 1. The van der Waals surface area contributed by atoms with Crippen LogP contribution in [-0.2, 0) is 11.2 Å². The molecule has 0 aliphatic carbocycles. The lowest BCUT2D eigenvalue weighted by atomic mass is 10.1. The van der Waals surface area contributed by atoms with E-state index in [1.54, 1.807) is 19.2 Å². The molecule has 1 amide bonds. The monoisotopic (exact) mass is 310 g/mol. The number of carbonyl (C=O) groups excluding carboxylic acids is 1. The van der Waals surface area contributed by atoms with Crippen molar-refractivity contribution in [2.75, 3.05) is 20.3 Å². The van der Waals surface area contributed by atoms with E-state index in [1.165, 1.54) is 0 Å². The third kappa shape index (κ3) is 3.95. The lowest BCUT2D eigenvalue weighted by Crippen LogP contribution is -2.44. The van der Waals surface area contributed by atoms with Gasteiger partial charge in [-0.05, 0) is 17.7 Å². The topological polar surface area (TPSA) is 111 Å². The second-order valence-electron chi connectivity index (χ2n) is 5.38. The highest BCUT2D eigenvalue weighted by atomic mass is 16.5. The predicted molar refractivity (Wildman–Crippen MR) is 79.5 cm³/mol. The number of nitrogens with one attached hydrogen (secondary N) is 2. The summed E-state index contributed by atoms with van der Waals surface area (Å²) < 4.78 is 5.10. The van der Waals surface area contributed by atoms with Gasteiger partial charge in [0.05, 0.1) is 44.4 Å². The normalized spacial score (nSPS) is 27.6. The number of ether oxygens (including phenoxy) is 1. The molecule has 1 aromatic rings. The summed E-state index contributed by atoms with van der Waals surface area (Å²) in [6.45, 7) is -0.0932. The van der Waals surface area contributed by atoms with E-state index in [4.69, 9.17) is 9.84 Å². The van der Waals surface area contributed by atoms with Gasteiger partial charge in [0.2, 0.25) is 5.91 Å². The zero-order chi connectivity index (χ0) is 16.1. The Hall–Kier alpha value is -1.67. The molecule has 1 heterocycles. The fraction of sp³-hybridized carbons (Fsp3) is 0.533. The van der Waals surface area contributed by atoms with Crippen LogP contribution in [0.25, 0.3) is 0 Å². The van der Waals surface area contributed by atoms with Gasteiger partial charge in [-0.15, -0.1) is 0 Å². The second kappa shape index (κ2) is 7.55. The standard InChI is InChI=1S/C15H22N2O5/c1-22-10-4-2-3-9(5-10)6-13(19)16-7-11-14(20)15(21)12(8-18)17-11/h2-5,11-12,14-15,17-18,20-21H,6-8H2,1H3,(H,16,19)/t11-,12-,14-,15-/m1/s1. The van der Waals surface area contributed by atoms with E-state index in [0.717, 1.165) is 5.56 Å². The molecule has 0 bridgehead atoms. The summed E-state index contributed by atoms with van der Waals surface area (Å²) in [7, 11) is 1.56. The van der Waals surface area contributed by atoms with E-state index < -0.39 is 24.3 Å². The summed E-state index contributed by atoms with van der Waals surface area (Å²) in [4.78, 5) is 11.9. The summed E-state index contributed by atoms with van der Waals surface area (Å²) >= 11 is 0. The molecule has 7 heteroatoms. The zero-order valence-corrected chi connectivity index (χ0v) is 12.4. The van der Waals surface area contributed by atoms with Crippen molar-refractivity contribution in [3.05, 3.63) is 29.8 Å². The van der Waals surface area contributed by atoms with E-state index in [1.807, 2.05) is 12.1 Å². The van der Waals surface area contributed by atoms with Crippen molar-refractivity contribution in [2.24, 2.45) is 0 Å². The van der Waals surface area contributed by atoms with E-state index in [9.17, 15) is 15.0 Å². The van der Waals surface area contributed by atoms with Crippen LogP contribution in [0.15, 0.2) is 24.3 Å². The molecule has 1 aliphatic heterocycles. The van der Waals surface area contributed by atoms with Crippen molar-refractivity contribution in [1.29, 1.82) is 0 Å². The minimum absolute atomic E-state index is 0.178. The van der Waals surface area contributed by atoms with Crippen molar-refractivity contribution in [3.63, 3.8) is 0 Å². The largest absolute Gasteiger partial charge is 0.497 e. The molecule has 1 fully saturated rings. The molecule has 5 N–H and O–H groups in total. The first-order valence-electron chi connectivity index (χ1n) is 7.17. The van der Waals surface area contributed by atoms with Gasteiger partial charge in [-0.25, -0.2) is 0 Å². The average Bonchev–Trinajstić information content (AvgIpc) is 2.80. The number of hydrogen-bond donors (Lipinski definition) is 5. The van der Waals surface area contributed by atoms with Crippen molar-refractivity contribution in [3.8, 4) is 5.75 Å². The number of methoxy groups -OCH3 is 1. The van der Waals surface area contributed by atoms with Crippen LogP contribution in [0.2, 0.25) is 0 Å². The van der Waals surface area contributed by atoms with Gasteiger partial charge in [0.25, 0.3) is 0 Å². The minimum Gasteiger partial charge on any atom is -0.497 e. The molecule has 0 radical (unpaired) electrons.